The smallest absolute Gasteiger partial charge is 0.318 e. The Labute approximate surface area is 159 Å². The molecule has 2 amide bonds. The second-order valence-corrected chi connectivity index (χ2v) is 8.21. The molecule has 1 N–H and O–H groups in total. The molecule has 6 rings (SSSR count). The van der Waals surface area contributed by atoms with E-state index in [9.17, 15) is 9.18 Å². The van der Waals surface area contributed by atoms with Crippen molar-refractivity contribution < 1.29 is 10.6 Å². The molecule has 2 saturated carbocycles. The lowest BCUT2D eigenvalue weighted by atomic mass is 9.72. The van der Waals surface area contributed by atoms with Crippen LogP contribution in [0.25, 0.3) is 11.3 Å². The molecule has 6 heteroatoms. The average Bonchev–Trinajstić information content (AvgIpc) is 3.50. The number of fused-ring (bicyclic) bond motifs is 2. The molecule has 1 aromatic heterocycles. The maximum atomic E-state index is 14.5. The highest BCUT2D eigenvalue weighted by molar-refractivity contribution is 5.91. The summed E-state index contributed by atoms with van der Waals surface area (Å²) in [7, 11) is 0. The third-order valence-electron chi connectivity index (χ3n) is 6.41. The third kappa shape index (κ3) is 2.97. The Balaban J connectivity index is 0.00000192. The number of hydrogen-bond acceptors (Lipinski definition) is 3. The zero-order valence-electron chi connectivity index (χ0n) is 15.4. The summed E-state index contributed by atoms with van der Waals surface area (Å²) in [6.45, 7) is 1.83. The van der Waals surface area contributed by atoms with Gasteiger partial charge in [-0.25, -0.2) is 9.18 Å². The van der Waals surface area contributed by atoms with Crippen molar-refractivity contribution in [2.24, 2.45) is 11.8 Å². The number of hydrogen-bond donors (Lipinski definition) is 1. The lowest BCUT2D eigenvalue weighted by Gasteiger charge is -2.55. The fourth-order valence-electron chi connectivity index (χ4n) is 4.87. The topological polar surface area (TPSA) is 58.1 Å². The van der Waals surface area contributed by atoms with E-state index in [1.165, 1.54) is 18.9 Å². The van der Waals surface area contributed by atoms with E-state index in [1.807, 2.05) is 17.9 Å². The van der Waals surface area contributed by atoms with E-state index in [0.29, 0.717) is 17.8 Å². The molecule has 0 radical (unpaired) electrons. The Morgan fingerprint density at radius 1 is 1.22 bits per heavy atom. The maximum Gasteiger partial charge on any atom is 0.322 e. The molecular weight excluding hydrogens is 343 g/mol. The molecular formula is C21H25FN4O. The highest BCUT2D eigenvalue weighted by atomic mass is 19.1. The zero-order chi connectivity index (χ0) is 18.5. The van der Waals surface area contributed by atoms with Gasteiger partial charge in [-0.2, -0.15) is 10.2 Å². The number of piperidine rings is 1. The van der Waals surface area contributed by atoms with Crippen molar-refractivity contribution in [2.45, 2.75) is 51.1 Å². The van der Waals surface area contributed by atoms with Crippen LogP contribution in [0, 0.1) is 24.6 Å². The molecule has 4 fully saturated rings. The highest BCUT2D eigenvalue weighted by Crippen LogP contribution is 2.50. The van der Waals surface area contributed by atoms with Crippen LogP contribution in [0.2, 0.25) is 0 Å². The molecule has 2 atom stereocenters. The number of rotatable bonds is 3. The van der Waals surface area contributed by atoms with Gasteiger partial charge in [0.1, 0.15) is 5.82 Å². The Morgan fingerprint density at radius 2 is 2.00 bits per heavy atom. The summed E-state index contributed by atoms with van der Waals surface area (Å²) >= 11 is 0. The fourth-order valence-corrected chi connectivity index (χ4v) is 4.87. The van der Waals surface area contributed by atoms with Gasteiger partial charge in [0.05, 0.1) is 11.4 Å². The Hall–Kier alpha value is -2.50. The van der Waals surface area contributed by atoms with Crippen LogP contribution in [0.1, 0.15) is 39.1 Å². The van der Waals surface area contributed by atoms with E-state index in [0.717, 1.165) is 42.2 Å². The maximum absolute atomic E-state index is 14.5. The van der Waals surface area contributed by atoms with Crippen LogP contribution in [0.5, 0.6) is 0 Å². The van der Waals surface area contributed by atoms with Gasteiger partial charge in [-0.3, -0.25) is 0 Å². The van der Waals surface area contributed by atoms with Gasteiger partial charge in [0, 0.05) is 25.3 Å². The first-order valence-electron chi connectivity index (χ1n) is 9.77. The van der Waals surface area contributed by atoms with Crippen LogP contribution in [-0.2, 0) is 0 Å². The predicted molar refractivity (Wildman–Crippen MR) is 103 cm³/mol. The highest BCUT2D eigenvalue weighted by Gasteiger charge is 2.50. The van der Waals surface area contributed by atoms with E-state index >= 15 is 0 Å². The number of carbonyl (C=O) groups excluding carboxylic acids is 1. The summed E-state index contributed by atoms with van der Waals surface area (Å²) in [5, 5.41) is 10.8. The Morgan fingerprint density at radius 3 is 2.67 bits per heavy atom. The number of benzene rings is 1. The van der Waals surface area contributed by atoms with E-state index < -0.39 is 5.82 Å². The summed E-state index contributed by atoms with van der Waals surface area (Å²) in [6, 6.07) is 7.19. The number of nitrogens with one attached hydrogen (secondary N) is 1. The van der Waals surface area contributed by atoms with Crippen molar-refractivity contribution in [3.05, 3.63) is 41.8 Å². The van der Waals surface area contributed by atoms with Crippen LogP contribution in [0.4, 0.5) is 14.9 Å². The van der Waals surface area contributed by atoms with Crippen LogP contribution in [0.3, 0.4) is 0 Å². The molecule has 2 aliphatic carbocycles. The van der Waals surface area contributed by atoms with E-state index in [2.05, 4.69) is 15.5 Å². The van der Waals surface area contributed by atoms with Crippen molar-refractivity contribution in [3.63, 3.8) is 0 Å². The molecule has 2 bridgehead atoms. The van der Waals surface area contributed by atoms with Crippen molar-refractivity contribution in [2.75, 3.05) is 5.32 Å². The number of aromatic nitrogens is 2. The van der Waals surface area contributed by atoms with Crippen LogP contribution in [-0.4, -0.2) is 33.2 Å². The third-order valence-corrected chi connectivity index (χ3v) is 6.41. The Kier molecular flexibility index (Phi) is 3.88. The van der Waals surface area contributed by atoms with E-state index in [4.69, 9.17) is 0 Å². The van der Waals surface area contributed by atoms with Gasteiger partial charge in [0.2, 0.25) is 0 Å². The monoisotopic (exact) mass is 368 g/mol. The molecule has 142 valence electrons. The van der Waals surface area contributed by atoms with Gasteiger partial charge in [-0.15, -0.1) is 0 Å². The quantitative estimate of drug-likeness (QED) is 0.859. The molecule has 2 saturated heterocycles. The summed E-state index contributed by atoms with van der Waals surface area (Å²) < 4.78 is 14.5. The minimum atomic E-state index is -0.421. The van der Waals surface area contributed by atoms with Crippen molar-refractivity contribution in [3.8, 4) is 11.3 Å². The standard InChI is InChI=1S/C21H23FN4O.H2/c1-12-7-18(22)20(11-17(12)19-3-2-6-23-25-19)24-21(27)26-15-8-14(13-4-5-13)9-16(26)10-15;/h2-3,6-7,11,13-16H,4-5,8-10H2,1H3,(H,24,27);1H. The molecule has 0 spiro atoms. The van der Waals surface area contributed by atoms with Gasteiger partial charge in [-0.1, -0.05) is 0 Å². The first kappa shape index (κ1) is 16.7. The normalized spacial score (nSPS) is 26.4. The van der Waals surface area contributed by atoms with Gasteiger partial charge in [-0.05, 0) is 80.7 Å². The van der Waals surface area contributed by atoms with Gasteiger partial charge in [0.15, 0.2) is 0 Å². The lowest BCUT2D eigenvalue weighted by Crippen LogP contribution is -2.64. The summed E-state index contributed by atoms with van der Waals surface area (Å²) in [5.74, 6) is 1.26. The molecule has 3 heterocycles. The largest absolute Gasteiger partial charge is 0.322 e. The van der Waals surface area contributed by atoms with Crippen molar-refractivity contribution >= 4 is 11.7 Å². The molecule has 1 aromatic carbocycles. The summed E-state index contributed by atoms with van der Waals surface area (Å²) in [6.07, 6.45) is 7.62. The summed E-state index contributed by atoms with van der Waals surface area (Å²) in [4.78, 5) is 14.7. The number of anilines is 1. The predicted octanol–water partition coefficient (Wildman–Crippen LogP) is 4.63. The number of halogens is 1. The zero-order valence-corrected chi connectivity index (χ0v) is 15.4. The minimum Gasteiger partial charge on any atom is -0.318 e. The van der Waals surface area contributed by atoms with Crippen molar-refractivity contribution in [1.29, 1.82) is 0 Å². The van der Waals surface area contributed by atoms with Gasteiger partial charge >= 0.3 is 6.03 Å². The van der Waals surface area contributed by atoms with Crippen molar-refractivity contribution in [1.82, 2.24) is 15.1 Å². The fraction of sp³-hybridized carbons (Fsp3) is 0.476. The van der Waals surface area contributed by atoms with Gasteiger partial charge < -0.3 is 10.2 Å². The number of urea groups is 1. The van der Waals surface area contributed by atoms with E-state index in [1.54, 1.807) is 18.3 Å². The van der Waals surface area contributed by atoms with Crippen LogP contribution in [0.15, 0.2) is 30.5 Å². The second kappa shape index (κ2) is 6.29. The first-order chi connectivity index (χ1) is 13.1. The molecule has 27 heavy (non-hydrogen) atoms. The SMILES string of the molecule is Cc1cc(F)c(NC(=O)N2C3CC(C4CC4)CC2C3)cc1-c1cccnn1.[HH]. The molecule has 5 nitrogen and oxygen atoms in total. The van der Waals surface area contributed by atoms with Crippen LogP contribution >= 0.6 is 0 Å². The molecule has 4 aliphatic rings. The number of nitrogens with zero attached hydrogens (tertiary/aromatic N) is 3. The second-order valence-electron chi connectivity index (χ2n) is 8.21. The molecule has 2 unspecified atom stereocenters. The van der Waals surface area contributed by atoms with Gasteiger partial charge in [0.25, 0.3) is 0 Å². The number of aryl methyl sites for hydroxylation is 1. The Bertz CT molecular complexity index is 877. The molecule has 2 aliphatic heterocycles. The minimum absolute atomic E-state index is 0. The lowest BCUT2D eigenvalue weighted by molar-refractivity contribution is -0.0157. The first-order valence-corrected chi connectivity index (χ1v) is 9.77. The van der Waals surface area contributed by atoms with E-state index in [-0.39, 0.29) is 13.1 Å². The van der Waals surface area contributed by atoms with Crippen LogP contribution < -0.4 is 5.32 Å². The number of carbonyl (C=O) groups is 1. The number of amides is 2. The summed E-state index contributed by atoms with van der Waals surface area (Å²) in [5.41, 5.74) is 2.41. The average molecular weight is 368 g/mol. The molecule has 2 aromatic rings.